The quantitative estimate of drug-likeness (QED) is 0.0638. The van der Waals surface area contributed by atoms with Gasteiger partial charge in [-0.05, 0) is 73.6 Å². The van der Waals surface area contributed by atoms with Crippen molar-refractivity contribution in [3.8, 4) is 5.75 Å². The van der Waals surface area contributed by atoms with Gasteiger partial charge in [0.05, 0.1) is 30.7 Å². The molecule has 7 atom stereocenters. The fraction of sp³-hybridized carbons (Fsp3) is 0.574. The zero-order valence-electron chi connectivity index (χ0n) is 37.3. The van der Waals surface area contributed by atoms with Gasteiger partial charge in [-0.3, -0.25) is 38.4 Å². The van der Waals surface area contributed by atoms with Crippen LogP contribution in [0.4, 0.5) is 0 Å². The molecule has 0 aliphatic carbocycles. The van der Waals surface area contributed by atoms with Crippen molar-refractivity contribution in [3.63, 3.8) is 0 Å². The lowest BCUT2D eigenvalue weighted by Gasteiger charge is -2.33. The predicted molar refractivity (Wildman–Crippen MR) is 232 cm³/mol. The van der Waals surface area contributed by atoms with Crippen LogP contribution in [0.1, 0.15) is 111 Å². The second-order valence-electron chi connectivity index (χ2n) is 18.2. The molecule has 0 radical (unpaired) electrons. The van der Waals surface area contributed by atoms with Crippen LogP contribution in [-0.2, 0) is 51.2 Å². The molecule has 0 saturated heterocycles. The lowest BCUT2D eigenvalue weighted by molar-refractivity contribution is -0.141. The molecule has 62 heavy (non-hydrogen) atoms. The number of aliphatic hydroxyl groups excluding tert-OH is 1. The van der Waals surface area contributed by atoms with Crippen LogP contribution in [0.25, 0.3) is 0 Å². The molecule has 15 heteroatoms. The molecule has 0 aromatic heterocycles. The summed E-state index contributed by atoms with van der Waals surface area (Å²) in [5.41, 5.74) is 0.496. The van der Waals surface area contributed by atoms with Gasteiger partial charge in [0, 0.05) is 42.9 Å². The minimum atomic E-state index is -1.56. The van der Waals surface area contributed by atoms with Gasteiger partial charge in [-0.2, -0.15) is 0 Å². The average molecular weight is 866 g/mol. The van der Waals surface area contributed by atoms with Gasteiger partial charge in [0.1, 0.15) is 5.75 Å². The van der Waals surface area contributed by atoms with Crippen LogP contribution in [0.3, 0.4) is 0 Å². The first-order valence-corrected chi connectivity index (χ1v) is 21.3. The molecule has 2 aromatic rings. The molecule has 342 valence electrons. The van der Waals surface area contributed by atoms with Gasteiger partial charge in [0.25, 0.3) is 0 Å². The van der Waals surface area contributed by atoms with Crippen LogP contribution in [0.5, 0.6) is 5.75 Å². The van der Waals surface area contributed by atoms with Gasteiger partial charge < -0.3 is 36.4 Å². The molecule has 15 nitrogen and oxygen atoms in total. The van der Waals surface area contributed by atoms with E-state index in [9.17, 15) is 58.8 Å². The molecule has 7 N–H and O–H groups in total. The highest BCUT2D eigenvalue weighted by Crippen LogP contribution is 2.26. The number of Topliss-reactive ketones (excluding diaryl/α,β-unsaturated/α-hetero) is 3. The molecule has 2 rings (SSSR count). The third-order valence-corrected chi connectivity index (χ3v) is 10.6. The number of benzene rings is 2. The first-order valence-electron chi connectivity index (χ1n) is 21.3. The van der Waals surface area contributed by atoms with Gasteiger partial charge in [0.15, 0.2) is 17.3 Å². The summed E-state index contributed by atoms with van der Waals surface area (Å²) in [6, 6.07) is 10.9. The van der Waals surface area contributed by atoms with E-state index in [2.05, 4.69) is 16.0 Å². The number of nitrogens with one attached hydrogen (secondary N) is 3. The second kappa shape index (κ2) is 24.9. The van der Waals surface area contributed by atoms with Crippen LogP contribution in [0.2, 0.25) is 0 Å². The number of hydrogen-bond acceptors (Lipinski definition) is 10. The lowest BCUT2D eigenvalue weighted by atomic mass is 9.80. The molecule has 3 amide bonds. The minimum Gasteiger partial charge on any atom is -0.508 e. The molecule has 0 saturated carbocycles. The summed E-state index contributed by atoms with van der Waals surface area (Å²) in [5, 5.41) is 47.5. The first-order chi connectivity index (χ1) is 28.9. The van der Waals surface area contributed by atoms with Crippen molar-refractivity contribution < 1.29 is 58.8 Å². The molecule has 0 bridgehead atoms. The molecule has 0 aliphatic heterocycles. The summed E-state index contributed by atoms with van der Waals surface area (Å²) in [6.45, 7) is 14.0. The number of aromatic hydroxyl groups is 1. The van der Waals surface area contributed by atoms with E-state index in [4.69, 9.17) is 0 Å². The molecule has 1 unspecified atom stereocenters. The van der Waals surface area contributed by atoms with E-state index in [1.807, 2.05) is 13.8 Å². The number of hydrogen-bond donors (Lipinski definition) is 7. The highest BCUT2D eigenvalue weighted by atomic mass is 16.4. The summed E-state index contributed by atoms with van der Waals surface area (Å²) < 4.78 is 0. The number of phenolic OH excluding ortho intramolecular Hbond substituents is 1. The van der Waals surface area contributed by atoms with Crippen molar-refractivity contribution in [2.45, 2.75) is 137 Å². The Balaban J connectivity index is 2.54. The van der Waals surface area contributed by atoms with Crippen molar-refractivity contribution in [1.82, 2.24) is 16.0 Å². The first kappa shape index (κ1) is 52.7. The highest BCUT2D eigenvalue weighted by molar-refractivity contribution is 5.97. The Morgan fingerprint density at radius 2 is 1.11 bits per heavy atom. The number of rotatable bonds is 27. The van der Waals surface area contributed by atoms with Gasteiger partial charge in [-0.15, -0.1) is 0 Å². The van der Waals surface area contributed by atoms with Crippen LogP contribution < -0.4 is 16.0 Å². The highest BCUT2D eigenvalue weighted by Gasteiger charge is 2.38. The number of carbonyl (C=O) groups is 8. The maximum Gasteiger partial charge on any atom is 0.305 e. The predicted octanol–water partition coefficient (Wildman–Crippen LogP) is 4.83. The average Bonchev–Trinajstić information content (AvgIpc) is 3.17. The monoisotopic (exact) mass is 865 g/mol. The smallest absolute Gasteiger partial charge is 0.305 e. The second-order valence-corrected chi connectivity index (χ2v) is 18.2. The van der Waals surface area contributed by atoms with Crippen LogP contribution in [0, 0.1) is 35.0 Å². The fourth-order valence-corrected chi connectivity index (χ4v) is 7.26. The molecule has 0 heterocycles. The number of carboxylic acids is 2. The standard InChI is InChI=1S/C47H67N3O12/c1-27(2)20-32(16-19-40(55)56)44(60)49-37(26-41(57)58)39(54)25-34(22-30-12-10-9-11-13-30)45(61)48-36(23-31-14-17-35(52)18-15-31)38(53)24-33(21-29(5)51)46(62)50-43(47(6,7)8)42(59)28(3)4/h9-15,17-18,27-29,32-34,36-37,43,51-52H,16,19-26H2,1-8H3,(H,48,61)(H,49,60)(H,50,62)(H,55,56)(H,57,58)/t29?,32-,33-,34-,36+,37+,43-/m1/s1. The van der Waals surface area contributed by atoms with E-state index < -0.39 is 114 Å². The van der Waals surface area contributed by atoms with Gasteiger partial charge >= 0.3 is 11.9 Å². The Morgan fingerprint density at radius 3 is 1.63 bits per heavy atom. The van der Waals surface area contributed by atoms with Crippen LogP contribution >= 0.6 is 0 Å². The van der Waals surface area contributed by atoms with E-state index in [0.29, 0.717) is 11.1 Å². The summed E-state index contributed by atoms with van der Waals surface area (Å²) in [5.74, 6) is -9.69. The van der Waals surface area contributed by atoms with Crippen molar-refractivity contribution in [2.75, 3.05) is 0 Å². The Labute approximate surface area is 364 Å². The summed E-state index contributed by atoms with van der Waals surface area (Å²) in [4.78, 5) is 107. The maximum atomic E-state index is 14.4. The largest absolute Gasteiger partial charge is 0.508 e. The summed E-state index contributed by atoms with van der Waals surface area (Å²) in [7, 11) is 0. The Morgan fingerprint density at radius 1 is 0.597 bits per heavy atom. The van der Waals surface area contributed by atoms with E-state index in [1.165, 1.54) is 19.1 Å². The van der Waals surface area contributed by atoms with Crippen molar-refractivity contribution >= 4 is 47.0 Å². The number of carboxylic acid groups (broad SMARTS) is 2. The van der Waals surface area contributed by atoms with Gasteiger partial charge in [0.2, 0.25) is 17.7 Å². The van der Waals surface area contributed by atoms with Crippen molar-refractivity contribution in [2.24, 2.45) is 35.0 Å². The number of aliphatic carboxylic acids is 2. The molecular weight excluding hydrogens is 799 g/mol. The van der Waals surface area contributed by atoms with Gasteiger partial charge in [-0.1, -0.05) is 90.9 Å². The normalized spacial score (nSPS) is 15.0. The summed E-state index contributed by atoms with van der Waals surface area (Å²) >= 11 is 0. The zero-order valence-corrected chi connectivity index (χ0v) is 37.3. The van der Waals surface area contributed by atoms with Crippen molar-refractivity contribution in [3.05, 3.63) is 65.7 Å². The Bertz CT molecular complexity index is 1840. The third kappa shape index (κ3) is 18.7. The van der Waals surface area contributed by atoms with Crippen molar-refractivity contribution in [1.29, 1.82) is 0 Å². The summed E-state index contributed by atoms with van der Waals surface area (Å²) in [6.07, 6.45) is -3.12. The molecule has 2 aromatic carbocycles. The molecular formula is C47H67N3O12. The lowest BCUT2D eigenvalue weighted by Crippen LogP contribution is -2.53. The topological polar surface area (TPSA) is 254 Å². The zero-order chi connectivity index (χ0) is 46.9. The minimum absolute atomic E-state index is 0.0180. The van der Waals surface area contributed by atoms with E-state index in [1.54, 1.807) is 77.1 Å². The Kier molecular flexibility index (Phi) is 21.1. The third-order valence-electron chi connectivity index (χ3n) is 10.6. The Hall–Kier alpha value is -5.44. The van der Waals surface area contributed by atoms with E-state index in [-0.39, 0.29) is 56.0 Å². The number of aliphatic hydroxyl groups is 1. The van der Waals surface area contributed by atoms with Crippen LogP contribution in [0.15, 0.2) is 54.6 Å². The number of ketones is 3. The number of carbonyl (C=O) groups excluding carboxylic acids is 6. The number of amides is 3. The number of phenols is 1. The van der Waals surface area contributed by atoms with E-state index >= 15 is 0 Å². The van der Waals surface area contributed by atoms with Gasteiger partial charge in [-0.25, -0.2) is 0 Å². The SMILES string of the molecule is CC(C)C[C@@H](CCC(=O)O)C(=O)N[C@@H](CC(=O)O)C(=O)C[C@@H](Cc1ccccc1)C(=O)N[C@@H](Cc1ccc(O)cc1)C(=O)C[C@@H](CC(C)O)C(=O)N[C@H](C(=O)C(C)C)C(C)(C)C. The maximum absolute atomic E-state index is 14.4. The molecule has 0 aliphatic rings. The fourth-order valence-electron chi connectivity index (χ4n) is 7.26. The molecule has 0 fully saturated rings. The van der Waals surface area contributed by atoms with E-state index in [0.717, 1.165) is 0 Å². The molecule has 0 spiro atoms. The van der Waals surface area contributed by atoms with Crippen LogP contribution in [-0.4, -0.2) is 91.7 Å².